The number of nitrogens with zero attached hydrogens (tertiary/aromatic N) is 1. The number of esters is 1. The molecule has 4 rings (SSSR count). The number of hydrogen-bond acceptors (Lipinski definition) is 7. The van der Waals surface area contributed by atoms with Gasteiger partial charge in [0.05, 0.1) is 12.5 Å². The Bertz CT molecular complexity index is 1330. The van der Waals surface area contributed by atoms with Gasteiger partial charge in [0.15, 0.2) is 6.61 Å². The largest absolute Gasteiger partial charge is 0.493 e. The zero-order valence-electron chi connectivity index (χ0n) is 20.4. The fourth-order valence-electron chi connectivity index (χ4n) is 4.04. The van der Waals surface area contributed by atoms with Crippen molar-refractivity contribution in [3.05, 3.63) is 94.3 Å². The Morgan fingerprint density at radius 1 is 1.03 bits per heavy atom. The number of rotatable bonds is 10. The summed E-state index contributed by atoms with van der Waals surface area (Å²) in [4.78, 5) is 12.4. The Kier molecular flexibility index (Phi) is 8.55. The molecule has 0 aromatic heterocycles. The summed E-state index contributed by atoms with van der Waals surface area (Å²) >= 11 is 5.86. The summed E-state index contributed by atoms with van der Waals surface area (Å²) in [6, 6.07) is 21.4. The number of hydrogen-bond donors (Lipinski definition) is 1. The number of carbonyl (C=O) groups is 1. The molecule has 0 fully saturated rings. The van der Waals surface area contributed by atoms with E-state index in [2.05, 4.69) is 13.0 Å². The normalized spacial score (nSPS) is 14.2. The minimum absolute atomic E-state index is 0.00432. The first kappa shape index (κ1) is 25.9. The monoisotopic (exact) mass is 518 g/mol. The topological polar surface area (TPSA) is 104 Å². The van der Waals surface area contributed by atoms with Gasteiger partial charge in [0.2, 0.25) is 5.88 Å². The number of halogens is 1. The number of benzene rings is 3. The summed E-state index contributed by atoms with van der Waals surface area (Å²) < 4.78 is 22.7. The molecule has 190 valence electrons. The third-order valence-corrected chi connectivity index (χ3v) is 6.08. The molecule has 0 aliphatic carbocycles. The first-order chi connectivity index (χ1) is 18.0. The van der Waals surface area contributed by atoms with Crippen molar-refractivity contribution in [2.75, 3.05) is 13.2 Å². The molecule has 0 spiro atoms. The Balaban J connectivity index is 1.54. The molecule has 2 N–H and O–H groups in total. The number of para-hydroxylation sites is 1. The van der Waals surface area contributed by atoms with E-state index in [1.165, 1.54) is 0 Å². The maximum absolute atomic E-state index is 12.4. The molecule has 1 heterocycles. The van der Waals surface area contributed by atoms with Crippen LogP contribution < -0.4 is 24.7 Å². The van der Waals surface area contributed by atoms with Gasteiger partial charge in [-0.2, -0.15) is 5.26 Å². The lowest BCUT2D eigenvalue weighted by Crippen LogP contribution is -2.22. The van der Waals surface area contributed by atoms with Crippen molar-refractivity contribution in [1.82, 2.24) is 0 Å². The fourth-order valence-corrected chi connectivity index (χ4v) is 4.16. The average Bonchev–Trinajstić information content (AvgIpc) is 2.90. The van der Waals surface area contributed by atoms with Gasteiger partial charge in [-0.25, -0.2) is 4.79 Å². The van der Waals surface area contributed by atoms with Gasteiger partial charge in [0.25, 0.3) is 0 Å². The van der Waals surface area contributed by atoms with E-state index in [1.54, 1.807) is 42.5 Å². The molecule has 1 unspecified atom stereocenters. The second-order valence-corrected chi connectivity index (χ2v) is 8.87. The van der Waals surface area contributed by atoms with Crippen LogP contribution in [0.25, 0.3) is 0 Å². The van der Waals surface area contributed by atoms with E-state index in [-0.39, 0.29) is 18.2 Å². The first-order valence-electron chi connectivity index (χ1n) is 12.0. The molecule has 0 amide bonds. The van der Waals surface area contributed by atoms with Crippen LogP contribution in [-0.4, -0.2) is 19.2 Å². The van der Waals surface area contributed by atoms with Gasteiger partial charge in [-0.15, -0.1) is 0 Å². The lowest BCUT2D eigenvalue weighted by Gasteiger charge is -2.28. The van der Waals surface area contributed by atoms with Crippen LogP contribution in [0.1, 0.15) is 43.2 Å². The molecule has 3 aromatic carbocycles. The number of unbranched alkanes of at least 4 members (excludes halogenated alkanes) is 2. The number of ether oxygens (including phenoxy) is 4. The van der Waals surface area contributed by atoms with Gasteiger partial charge in [-0.1, -0.05) is 55.6 Å². The van der Waals surface area contributed by atoms with E-state index in [1.807, 2.05) is 24.3 Å². The van der Waals surface area contributed by atoms with Gasteiger partial charge in [-0.05, 0) is 42.8 Å². The number of carbonyl (C=O) groups excluding carboxylic acids is 1. The molecule has 37 heavy (non-hydrogen) atoms. The van der Waals surface area contributed by atoms with Crippen LogP contribution in [0.3, 0.4) is 0 Å². The number of nitrogens with two attached hydrogens (primary N) is 1. The summed E-state index contributed by atoms with van der Waals surface area (Å²) in [7, 11) is 0. The Hall–Kier alpha value is -4.15. The van der Waals surface area contributed by atoms with E-state index >= 15 is 0 Å². The van der Waals surface area contributed by atoms with Gasteiger partial charge in [0.1, 0.15) is 34.6 Å². The highest BCUT2D eigenvalue weighted by Gasteiger charge is 2.33. The van der Waals surface area contributed by atoms with Gasteiger partial charge in [-0.3, -0.25) is 0 Å². The molecular weight excluding hydrogens is 492 g/mol. The van der Waals surface area contributed by atoms with Crippen LogP contribution >= 0.6 is 11.6 Å². The maximum Gasteiger partial charge on any atom is 0.349 e. The van der Waals surface area contributed by atoms with Crippen LogP contribution in [0, 0.1) is 11.3 Å². The molecule has 0 radical (unpaired) electrons. The highest BCUT2D eigenvalue weighted by Crippen LogP contribution is 2.45. The van der Waals surface area contributed by atoms with Crippen molar-refractivity contribution in [2.45, 2.75) is 32.1 Å². The Morgan fingerprint density at radius 2 is 1.78 bits per heavy atom. The van der Waals surface area contributed by atoms with Gasteiger partial charge < -0.3 is 24.7 Å². The van der Waals surface area contributed by atoms with Gasteiger partial charge in [0, 0.05) is 22.2 Å². The summed E-state index contributed by atoms with van der Waals surface area (Å²) in [6.45, 7) is 2.43. The Labute approximate surface area is 221 Å². The number of allylic oxidation sites excluding steroid dienone is 1. The molecule has 8 heteroatoms. The van der Waals surface area contributed by atoms with Crippen LogP contribution in [-0.2, 0) is 4.79 Å². The standard InChI is InChI=1S/C29H27ClN2O5/c1-2-3-6-15-34-25-8-5-4-7-22(25)28-23-14-13-21(16-26(23)37-29(32)24(28)17-31)36-27(33)18-35-20-11-9-19(30)10-12-20/h4-5,7-14,16,28H,2-3,6,15,18,32H2,1H3. The zero-order chi connectivity index (χ0) is 26.2. The third kappa shape index (κ3) is 6.35. The lowest BCUT2D eigenvalue weighted by atomic mass is 9.83. The minimum atomic E-state index is -0.589. The van der Waals surface area contributed by atoms with Crippen molar-refractivity contribution >= 4 is 17.6 Å². The van der Waals surface area contributed by atoms with E-state index in [0.29, 0.717) is 40.0 Å². The highest BCUT2D eigenvalue weighted by molar-refractivity contribution is 6.30. The molecule has 3 aromatic rings. The van der Waals surface area contributed by atoms with Crippen molar-refractivity contribution in [3.8, 4) is 29.1 Å². The fraction of sp³-hybridized carbons (Fsp3) is 0.241. The predicted octanol–water partition coefficient (Wildman–Crippen LogP) is 6.11. The highest BCUT2D eigenvalue weighted by atomic mass is 35.5. The first-order valence-corrected chi connectivity index (χ1v) is 12.4. The Morgan fingerprint density at radius 3 is 2.54 bits per heavy atom. The maximum atomic E-state index is 12.4. The van der Waals surface area contributed by atoms with Crippen LogP contribution in [0.4, 0.5) is 0 Å². The summed E-state index contributed by atoms with van der Waals surface area (Å²) in [5.41, 5.74) is 7.97. The summed E-state index contributed by atoms with van der Waals surface area (Å²) in [6.07, 6.45) is 3.11. The van der Waals surface area contributed by atoms with E-state index < -0.39 is 11.9 Å². The van der Waals surface area contributed by atoms with Gasteiger partial charge >= 0.3 is 5.97 Å². The molecular formula is C29H27ClN2O5. The summed E-state index contributed by atoms with van der Waals surface area (Å²) in [5.74, 6) is 0.756. The van der Waals surface area contributed by atoms with Crippen molar-refractivity contribution in [1.29, 1.82) is 5.26 Å². The van der Waals surface area contributed by atoms with Crippen molar-refractivity contribution in [2.24, 2.45) is 5.73 Å². The SMILES string of the molecule is CCCCCOc1ccccc1C1C(C#N)=C(N)Oc2cc(OC(=O)COc3ccc(Cl)cc3)ccc21. The summed E-state index contributed by atoms with van der Waals surface area (Å²) in [5, 5.41) is 10.5. The molecule has 1 aliphatic heterocycles. The average molecular weight is 519 g/mol. The van der Waals surface area contributed by atoms with E-state index in [9.17, 15) is 10.1 Å². The lowest BCUT2D eigenvalue weighted by molar-refractivity contribution is -0.136. The van der Waals surface area contributed by atoms with Crippen LogP contribution in [0.2, 0.25) is 5.02 Å². The molecule has 1 atom stereocenters. The quantitative estimate of drug-likeness (QED) is 0.196. The molecule has 7 nitrogen and oxygen atoms in total. The van der Waals surface area contributed by atoms with Crippen LogP contribution in [0.5, 0.6) is 23.0 Å². The van der Waals surface area contributed by atoms with E-state index in [4.69, 9.17) is 36.3 Å². The third-order valence-electron chi connectivity index (χ3n) is 5.83. The zero-order valence-corrected chi connectivity index (χ0v) is 21.2. The number of nitriles is 1. The van der Waals surface area contributed by atoms with Crippen molar-refractivity contribution < 1.29 is 23.7 Å². The van der Waals surface area contributed by atoms with Crippen LogP contribution in [0.15, 0.2) is 78.2 Å². The molecule has 0 saturated heterocycles. The van der Waals surface area contributed by atoms with E-state index in [0.717, 1.165) is 24.8 Å². The second-order valence-electron chi connectivity index (χ2n) is 8.43. The smallest absolute Gasteiger partial charge is 0.349 e. The molecule has 1 aliphatic rings. The van der Waals surface area contributed by atoms with Crippen molar-refractivity contribution in [3.63, 3.8) is 0 Å². The number of fused-ring (bicyclic) bond motifs is 1. The second kappa shape index (κ2) is 12.2. The predicted molar refractivity (Wildman–Crippen MR) is 140 cm³/mol. The minimum Gasteiger partial charge on any atom is -0.493 e. The molecule has 0 bridgehead atoms. The molecule has 0 saturated carbocycles.